The second-order valence-corrected chi connectivity index (χ2v) is 4.79. The van der Waals surface area contributed by atoms with Gasteiger partial charge in [0.2, 0.25) is 0 Å². The van der Waals surface area contributed by atoms with Crippen molar-refractivity contribution in [1.29, 1.82) is 0 Å². The Hall–Kier alpha value is -2.04. The minimum Gasteiger partial charge on any atom is -0.486 e. The number of esters is 1. The zero-order chi connectivity index (χ0) is 14.7. The van der Waals surface area contributed by atoms with Gasteiger partial charge in [-0.25, -0.2) is 4.79 Å². The molecule has 2 rings (SSSR count). The van der Waals surface area contributed by atoms with E-state index < -0.39 is 11.8 Å². The van der Waals surface area contributed by atoms with E-state index in [1.165, 1.54) is 0 Å². The lowest BCUT2D eigenvalue weighted by atomic mass is 9.94. The molecule has 1 aliphatic rings. The Bertz CT molecular complexity index is 533. The van der Waals surface area contributed by atoms with Crippen molar-refractivity contribution in [1.82, 2.24) is 0 Å². The average Bonchev–Trinajstić information content (AvgIpc) is 2.45. The molecule has 0 amide bonds. The molecule has 0 radical (unpaired) electrons. The van der Waals surface area contributed by atoms with Crippen LogP contribution in [0.4, 0.5) is 0 Å². The fourth-order valence-electron chi connectivity index (χ4n) is 2.09. The molecule has 5 nitrogen and oxygen atoms in total. The molecule has 0 unspecified atom stereocenters. The summed E-state index contributed by atoms with van der Waals surface area (Å²) in [6.07, 6.45) is 0. The predicted octanol–water partition coefficient (Wildman–Crippen LogP) is 2.33. The second-order valence-electron chi connectivity index (χ2n) is 4.79. The van der Waals surface area contributed by atoms with E-state index in [4.69, 9.17) is 14.2 Å². The average molecular weight is 278 g/mol. The third-order valence-electron chi connectivity index (χ3n) is 3.04. The molecule has 0 fully saturated rings. The quantitative estimate of drug-likeness (QED) is 0.480. The van der Waals surface area contributed by atoms with Crippen LogP contribution in [0.15, 0.2) is 12.1 Å². The molecule has 0 aromatic heterocycles. The maximum absolute atomic E-state index is 12.2. The summed E-state index contributed by atoms with van der Waals surface area (Å²) in [7, 11) is 0. The molecule has 0 saturated heterocycles. The van der Waals surface area contributed by atoms with Gasteiger partial charge in [0.25, 0.3) is 5.78 Å². The van der Waals surface area contributed by atoms with Crippen LogP contribution in [0.2, 0.25) is 0 Å². The summed E-state index contributed by atoms with van der Waals surface area (Å²) in [4.78, 5) is 23.8. The van der Waals surface area contributed by atoms with Crippen LogP contribution in [0, 0.1) is 0 Å². The van der Waals surface area contributed by atoms with E-state index in [2.05, 4.69) is 0 Å². The number of hydrogen-bond donors (Lipinski definition) is 0. The van der Waals surface area contributed by atoms with Crippen molar-refractivity contribution in [2.24, 2.45) is 0 Å². The van der Waals surface area contributed by atoms with Crippen molar-refractivity contribution in [3.05, 3.63) is 23.3 Å². The van der Waals surface area contributed by atoms with Crippen LogP contribution in [0.5, 0.6) is 11.5 Å². The first kappa shape index (κ1) is 14.4. The fourth-order valence-corrected chi connectivity index (χ4v) is 2.09. The lowest BCUT2D eigenvalue weighted by Crippen LogP contribution is -2.21. The summed E-state index contributed by atoms with van der Waals surface area (Å²) >= 11 is 0. The van der Waals surface area contributed by atoms with E-state index in [0.717, 1.165) is 5.56 Å². The minimum absolute atomic E-state index is 0.0826. The lowest BCUT2D eigenvalue weighted by molar-refractivity contribution is -0.137. The molecular formula is C15H18O5. The van der Waals surface area contributed by atoms with Crippen LogP contribution < -0.4 is 9.47 Å². The Morgan fingerprint density at radius 2 is 1.80 bits per heavy atom. The van der Waals surface area contributed by atoms with Gasteiger partial charge < -0.3 is 14.2 Å². The second kappa shape index (κ2) is 5.94. The molecule has 0 aliphatic carbocycles. The van der Waals surface area contributed by atoms with Crippen molar-refractivity contribution in [3.63, 3.8) is 0 Å². The predicted molar refractivity (Wildman–Crippen MR) is 72.5 cm³/mol. The summed E-state index contributed by atoms with van der Waals surface area (Å²) in [5.74, 6) is -0.300. The Morgan fingerprint density at radius 3 is 2.35 bits per heavy atom. The number of carbonyl (C=O) groups excluding carboxylic acids is 2. The molecule has 20 heavy (non-hydrogen) atoms. The van der Waals surface area contributed by atoms with Crippen LogP contribution >= 0.6 is 0 Å². The molecule has 1 heterocycles. The van der Waals surface area contributed by atoms with Gasteiger partial charge in [0, 0.05) is 5.56 Å². The number of rotatable bonds is 4. The van der Waals surface area contributed by atoms with E-state index in [0.29, 0.717) is 30.3 Å². The van der Waals surface area contributed by atoms with Gasteiger partial charge in [0.15, 0.2) is 11.5 Å². The molecule has 1 aromatic carbocycles. The Kier molecular flexibility index (Phi) is 4.27. The number of ether oxygens (including phenoxy) is 3. The van der Waals surface area contributed by atoms with Gasteiger partial charge in [0.05, 0.1) is 6.61 Å². The third kappa shape index (κ3) is 2.76. The summed E-state index contributed by atoms with van der Waals surface area (Å²) < 4.78 is 15.7. The van der Waals surface area contributed by atoms with Crippen molar-refractivity contribution in [3.8, 4) is 11.5 Å². The molecule has 0 bridgehead atoms. The first-order valence-electron chi connectivity index (χ1n) is 6.69. The molecule has 0 N–H and O–H groups in total. The van der Waals surface area contributed by atoms with Crippen molar-refractivity contribution < 1.29 is 23.8 Å². The normalized spacial score (nSPS) is 13.2. The van der Waals surface area contributed by atoms with Crippen LogP contribution in [-0.2, 0) is 9.53 Å². The van der Waals surface area contributed by atoms with Gasteiger partial charge in [-0.15, -0.1) is 0 Å². The molecule has 108 valence electrons. The highest BCUT2D eigenvalue weighted by molar-refractivity contribution is 6.41. The first-order valence-corrected chi connectivity index (χ1v) is 6.69. The minimum atomic E-state index is -0.842. The molecule has 0 atom stereocenters. The highest BCUT2D eigenvalue weighted by Gasteiger charge is 2.25. The number of ketones is 1. The maximum Gasteiger partial charge on any atom is 0.379 e. The van der Waals surface area contributed by atoms with Gasteiger partial charge in [-0.2, -0.15) is 0 Å². The Labute approximate surface area is 117 Å². The first-order chi connectivity index (χ1) is 9.54. The fraction of sp³-hybridized carbons (Fsp3) is 0.467. The SMILES string of the molecule is CCOC(=O)C(=O)c1cc2c(cc1C(C)C)OCCO2. The van der Waals surface area contributed by atoms with E-state index in [-0.39, 0.29) is 12.5 Å². The zero-order valence-electron chi connectivity index (χ0n) is 11.9. The van der Waals surface area contributed by atoms with Gasteiger partial charge in [0.1, 0.15) is 13.2 Å². The maximum atomic E-state index is 12.2. The molecule has 0 spiro atoms. The number of benzene rings is 1. The number of carbonyl (C=O) groups is 2. The summed E-state index contributed by atoms with van der Waals surface area (Å²) in [5, 5.41) is 0. The summed E-state index contributed by atoms with van der Waals surface area (Å²) in [6.45, 7) is 6.65. The monoisotopic (exact) mass is 278 g/mol. The highest BCUT2D eigenvalue weighted by Crippen LogP contribution is 2.36. The van der Waals surface area contributed by atoms with Crippen molar-refractivity contribution >= 4 is 11.8 Å². The van der Waals surface area contributed by atoms with Gasteiger partial charge >= 0.3 is 5.97 Å². The van der Waals surface area contributed by atoms with E-state index in [1.54, 1.807) is 19.1 Å². The molecule has 5 heteroatoms. The molecule has 1 aromatic rings. The van der Waals surface area contributed by atoms with Gasteiger partial charge in [-0.1, -0.05) is 13.8 Å². The third-order valence-corrected chi connectivity index (χ3v) is 3.04. The van der Waals surface area contributed by atoms with E-state index in [1.807, 2.05) is 13.8 Å². The molecule has 1 aliphatic heterocycles. The molecule has 0 saturated carbocycles. The van der Waals surface area contributed by atoms with Gasteiger partial charge in [-0.05, 0) is 30.5 Å². The Morgan fingerprint density at radius 1 is 1.20 bits per heavy atom. The highest BCUT2D eigenvalue weighted by atomic mass is 16.6. The molecular weight excluding hydrogens is 260 g/mol. The van der Waals surface area contributed by atoms with Crippen LogP contribution in [0.3, 0.4) is 0 Å². The topological polar surface area (TPSA) is 61.8 Å². The lowest BCUT2D eigenvalue weighted by Gasteiger charge is -2.21. The number of hydrogen-bond acceptors (Lipinski definition) is 5. The smallest absolute Gasteiger partial charge is 0.379 e. The summed E-state index contributed by atoms with van der Waals surface area (Å²) in [5.41, 5.74) is 1.08. The van der Waals surface area contributed by atoms with Crippen molar-refractivity contribution in [2.45, 2.75) is 26.7 Å². The standard InChI is InChI=1S/C15H18O5/c1-4-18-15(17)14(16)11-8-13-12(19-5-6-20-13)7-10(11)9(2)3/h7-9H,4-6H2,1-3H3. The zero-order valence-corrected chi connectivity index (χ0v) is 11.9. The van der Waals surface area contributed by atoms with Crippen LogP contribution in [0.1, 0.15) is 42.6 Å². The summed E-state index contributed by atoms with van der Waals surface area (Å²) in [6, 6.07) is 3.34. The number of fused-ring (bicyclic) bond motifs is 1. The van der Waals surface area contributed by atoms with Crippen LogP contribution in [0.25, 0.3) is 0 Å². The van der Waals surface area contributed by atoms with Crippen LogP contribution in [-0.4, -0.2) is 31.6 Å². The van der Waals surface area contributed by atoms with Gasteiger partial charge in [-0.3, -0.25) is 4.79 Å². The largest absolute Gasteiger partial charge is 0.486 e. The van der Waals surface area contributed by atoms with E-state index in [9.17, 15) is 9.59 Å². The van der Waals surface area contributed by atoms with E-state index >= 15 is 0 Å². The van der Waals surface area contributed by atoms with Crippen molar-refractivity contribution in [2.75, 3.05) is 19.8 Å². The Balaban J connectivity index is 2.44. The number of Topliss-reactive ketones (excluding diaryl/α,β-unsaturated/α-hetero) is 1.